The summed E-state index contributed by atoms with van der Waals surface area (Å²) < 4.78 is 5.30. The van der Waals surface area contributed by atoms with Crippen molar-refractivity contribution in [1.29, 1.82) is 0 Å². The summed E-state index contributed by atoms with van der Waals surface area (Å²) in [5, 5.41) is 0. The van der Waals surface area contributed by atoms with Gasteiger partial charge in [-0.3, -0.25) is 0 Å². The third kappa shape index (κ3) is 5.50. The van der Waals surface area contributed by atoms with E-state index >= 15 is 0 Å². The van der Waals surface area contributed by atoms with Crippen LogP contribution in [-0.4, -0.2) is 24.1 Å². The van der Waals surface area contributed by atoms with Crippen molar-refractivity contribution < 1.29 is 9.53 Å². The Kier molecular flexibility index (Phi) is 6.49. The summed E-state index contributed by atoms with van der Waals surface area (Å²) in [7, 11) is 0. The molecule has 2 aromatic carbocycles. The Bertz CT molecular complexity index is 639. The van der Waals surface area contributed by atoms with Gasteiger partial charge in [-0.05, 0) is 48.2 Å². The lowest BCUT2D eigenvalue weighted by Gasteiger charge is -2.22. The van der Waals surface area contributed by atoms with E-state index in [4.69, 9.17) is 16.2 Å². The summed E-state index contributed by atoms with van der Waals surface area (Å²) >= 11 is 0. The zero-order chi connectivity index (χ0) is 17.4. The second kappa shape index (κ2) is 8.82. The number of amides is 1. The first-order valence-electron chi connectivity index (χ1n) is 8.19. The Labute approximate surface area is 143 Å². The van der Waals surface area contributed by atoms with E-state index in [0.29, 0.717) is 25.4 Å². The van der Waals surface area contributed by atoms with Gasteiger partial charge in [-0.25, -0.2) is 4.79 Å². The Morgan fingerprint density at radius 1 is 0.958 bits per heavy atom. The fourth-order valence-corrected chi connectivity index (χ4v) is 2.31. The number of rotatable bonds is 7. The maximum atomic E-state index is 12.3. The predicted octanol–water partition coefficient (Wildman–Crippen LogP) is 3.44. The van der Waals surface area contributed by atoms with Gasteiger partial charge in [0.15, 0.2) is 0 Å². The van der Waals surface area contributed by atoms with E-state index in [1.165, 1.54) is 0 Å². The number of benzene rings is 2. The molecule has 4 N–H and O–H groups in total. The van der Waals surface area contributed by atoms with Crippen LogP contribution in [0, 0.1) is 0 Å². The number of carbonyl (C=O) groups excluding carboxylic acids is 1. The van der Waals surface area contributed by atoms with Crippen molar-refractivity contribution in [1.82, 2.24) is 4.90 Å². The molecule has 2 aromatic rings. The summed E-state index contributed by atoms with van der Waals surface area (Å²) in [6.45, 7) is 3.49. The largest absolute Gasteiger partial charge is 0.449 e. The van der Waals surface area contributed by atoms with E-state index in [0.717, 1.165) is 29.7 Å². The minimum Gasteiger partial charge on any atom is -0.449 e. The molecule has 0 spiro atoms. The van der Waals surface area contributed by atoms with Gasteiger partial charge in [0.05, 0.1) is 6.61 Å². The fourth-order valence-electron chi connectivity index (χ4n) is 2.31. The van der Waals surface area contributed by atoms with Gasteiger partial charge in [-0.2, -0.15) is 0 Å². The third-order valence-corrected chi connectivity index (χ3v) is 3.69. The lowest BCUT2D eigenvalue weighted by molar-refractivity contribution is 0.100. The number of nitrogens with two attached hydrogens (primary N) is 2. The van der Waals surface area contributed by atoms with Crippen molar-refractivity contribution >= 4 is 17.5 Å². The maximum absolute atomic E-state index is 12.3. The highest BCUT2D eigenvalue weighted by molar-refractivity contribution is 5.67. The van der Waals surface area contributed by atoms with Crippen molar-refractivity contribution in [3.05, 3.63) is 59.7 Å². The van der Waals surface area contributed by atoms with E-state index in [1.807, 2.05) is 55.5 Å². The normalized spacial score (nSPS) is 10.4. The number of carbonyl (C=O) groups is 1. The van der Waals surface area contributed by atoms with Crippen LogP contribution in [0.3, 0.4) is 0 Å². The van der Waals surface area contributed by atoms with Gasteiger partial charge in [-0.15, -0.1) is 0 Å². The molecule has 0 heterocycles. The molecule has 0 saturated heterocycles. The van der Waals surface area contributed by atoms with Crippen molar-refractivity contribution in [3.8, 4) is 0 Å². The molecule has 5 heteroatoms. The van der Waals surface area contributed by atoms with Crippen LogP contribution < -0.4 is 11.5 Å². The molecule has 24 heavy (non-hydrogen) atoms. The molecule has 0 saturated carbocycles. The van der Waals surface area contributed by atoms with Crippen LogP contribution >= 0.6 is 0 Å². The van der Waals surface area contributed by atoms with Gasteiger partial charge in [0.25, 0.3) is 0 Å². The van der Waals surface area contributed by atoms with E-state index in [9.17, 15) is 4.79 Å². The summed E-state index contributed by atoms with van der Waals surface area (Å²) in [6.07, 6.45) is 1.26. The smallest absolute Gasteiger partial charge is 0.410 e. The maximum Gasteiger partial charge on any atom is 0.410 e. The lowest BCUT2D eigenvalue weighted by atomic mass is 10.1. The highest BCUT2D eigenvalue weighted by atomic mass is 16.6. The van der Waals surface area contributed by atoms with E-state index in [-0.39, 0.29) is 6.09 Å². The number of hydrogen-bond donors (Lipinski definition) is 2. The molecule has 0 unspecified atom stereocenters. The molecule has 0 atom stereocenters. The molecule has 0 aromatic heterocycles. The molecular formula is C19H25N3O2. The molecular weight excluding hydrogens is 302 g/mol. The molecule has 128 valence electrons. The van der Waals surface area contributed by atoms with Crippen LogP contribution in [0.4, 0.5) is 16.2 Å². The highest BCUT2D eigenvalue weighted by Gasteiger charge is 2.15. The Morgan fingerprint density at radius 3 is 2.04 bits per heavy atom. The van der Waals surface area contributed by atoms with Crippen LogP contribution in [-0.2, 0) is 17.7 Å². The lowest BCUT2D eigenvalue weighted by Crippen LogP contribution is -2.33. The van der Waals surface area contributed by atoms with Crippen molar-refractivity contribution in [2.24, 2.45) is 0 Å². The van der Waals surface area contributed by atoms with Crippen molar-refractivity contribution in [2.75, 3.05) is 24.6 Å². The zero-order valence-corrected chi connectivity index (χ0v) is 14.1. The van der Waals surface area contributed by atoms with Crippen LogP contribution in [0.1, 0.15) is 24.5 Å². The molecule has 2 rings (SSSR count). The second-order valence-electron chi connectivity index (χ2n) is 5.77. The SMILES string of the molecule is CCCOC(=O)N(CCc1ccc(N)cc1)Cc1ccc(N)cc1. The van der Waals surface area contributed by atoms with Gasteiger partial charge in [0.1, 0.15) is 0 Å². The average molecular weight is 327 g/mol. The number of hydrogen-bond acceptors (Lipinski definition) is 4. The summed E-state index contributed by atoms with van der Waals surface area (Å²) in [6, 6.07) is 15.2. The van der Waals surface area contributed by atoms with Gasteiger partial charge in [0.2, 0.25) is 0 Å². The number of nitrogens with zero attached hydrogens (tertiary/aromatic N) is 1. The quantitative estimate of drug-likeness (QED) is 0.763. The summed E-state index contributed by atoms with van der Waals surface area (Å²) in [5.74, 6) is 0. The molecule has 1 amide bonds. The van der Waals surface area contributed by atoms with Crippen LogP contribution in [0.5, 0.6) is 0 Å². The van der Waals surface area contributed by atoms with Crippen molar-refractivity contribution in [3.63, 3.8) is 0 Å². The minimum absolute atomic E-state index is 0.288. The van der Waals surface area contributed by atoms with Crippen LogP contribution in [0.2, 0.25) is 0 Å². The monoisotopic (exact) mass is 327 g/mol. The van der Waals surface area contributed by atoms with Gasteiger partial charge < -0.3 is 21.1 Å². The second-order valence-corrected chi connectivity index (χ2v) is 5.77. The first-order valence-corrected chi connectivity index (χ1v) is 8.19. The Balaban J connectivity index is 2.02. The van der Waals surface area contributed by atoms with Crippen molar-refractivity contribution in [2.45, 2.75) is 26.3 Å². The molecule has 0 fully saturated rings. The van der Waals surface area contributed by atoms with E-state index in [2.05, 4.69) is 0 Å². The molecule has 0 radical (unpaired) electrons. The highest BCUT2D eigenvalue weighted by Crippen LogP contribution is 2.12. The molecule has 0 bridgehead atoms. The predicted molar refractivity (Wildman–Crippen MR) is 97.5 cm³/mol. The number of nitrogen functional groups attached to an aromatic ring is 2. The topological polar surface area (TPSA) is 81.6 Å². The summed E-state index contributed by atoms with van der Waals surface area (Å²) in [4.78, 5) is 14.0. The Hall–Kier alpha value is -2.69. The standard InChI is InChI=1S/C19H25N3O2/c1-2-13-24-19(23)22(14-16-5-9-18(21)10-6-16)12-11-15-3-7-17(20)8-4-15/h3-10H,2,11-14,20-21H2,1H3. The number of anilines is 2. The van der Waals surface area contributed by atoms with E-state index in [1.54, 1.807) is 4.90 Å². The number of ether oxygens (including phenoxy) is 1. The first-order chi connectivity index (χ1) is 11.6. The zero-order valence-electron chi connectivity index (χ0n) is 14.1. The fraction of sp³-hybridized carbons (Fsp3) is 0.316. The molecule has 0 aliphatic carbocycles. The summed E-state index contributed by atoms with van der Waals surface area (Å²) in [5.41, 5.74) is 15.0. The van der Waals surface area contributed by atoms with Gasteiger partial charge in [-0.1, -0.05) is 31.2 Å². The molecule has 5 nitrogen and oxygen atoms in total. The van der Waals surface area contributed by atoms with Crippen LogP contribution in [0.25, 0.3) is 0 Å². The van der Waals surface area contributed by atoms with Gasteiger partial charge >= 0.3 is 6.09 Å². The van der Waals surface area contributed by atoms with Gasteiger partial charge in [0, 0.05) is 24.5 Å². The third-order valence-electron chi connectivity index (χ3n) is 3.69. The van der Waals surface area contributed by atoms with E-state index < -0.39 is 0 Å². The average Bonchev–Trinajstić information content (AvgIpc) is 2.59. The molecule has 0 aliphatic rings. The minimum atomic E-state index is -0.288. The Morgan fingerprint density at radius 2 is 1.50 bits per heavy atom. The first kappa shape index (κ1) is 17.7. The molecule has 0 aliphatic heterocycles. The van der Waals surface area contributed by atoms with Crippen LogP contribution in [0.15, 0.2) is 48.5 Å².